The Morgan fingerprint density at radius 2 is 1.94 bits per heavy atom. The van der Waals surface area contributed by atoms with Gasteiger partial charge in [-0.1, -0.05) is 41.9 Å². The molecule has 5 heteroatoms. The van der Waals surface area contributed by atoms with Gasteiger partial charge < -0.3 is 0 Å². The van der Waals surface area contributed by atoms with E-state index in [9.17, 15) is 0 Å². The van der Waals surface area contributed by atoms with Crippen LogP contribution in [0, 0.1) is 0 Å². The van der Waals surface area contributed by atoms with E-state index < -0.39 is 0 Å². The van der Waals surface area contributed by atoms with Gasteiger partial charge in [0.15, 0.2) is 5.65 Å². The highest BCUT2D eigenvalue weighted by Gasteiger charge is 2.08. The predicted octanol–water partition coefficient (Wildman–Crippen LogP) is 1.31. The van der Waals surface area contributed by atoms with Crippen molar-refractivity contribution in [1.82, 2.24) is 14.6 Å². The number of hydrogen-bond acceptors (Lipinski definition) is 2. The van der Waals surface area contributed by atoms with Gasteiger partial charge in [-0.25, -0.2) is 9.50 Å². The Morgan fingerprint density at radius 3 is 2.71 bits per heavy atom. The van der Waals surface area contributed by atoms with Crippen molar-refractivity contribution in [1.29, 1.82) is 0 Å². The highest BCUT2D eigenvalue weighted by Crippen LogP contribution is 2.20. The maximum Gasteiger partial charge on any atom is 0.150 e. The van der Waals surface area contributed by atoms with Gasteiger partial charge in [0.2, 0.25) is 0 Å². The quantitative estimate of drug-likeness (QED) is 0.475. The fraction of sp³-hybridized carbons (Fsp3) is 0. The zero-order valence-corrected chi connectivity index (χ0v) is 10.0. The largest absolute Gasteiger partial charge is 0.229 e. The van der Waals surface area contributed by atoms with Crippen LogP contribution in [-0.2, 0) is 0 Å². The molecule has 0 aliphatic heterocycles. The van der Waals surface area contributed by atoms with Crippen molar-refractivity contribution in [3.05, 3.63) is 47.7 Å². The lowest BCUT2D eigenvalue weighted by Gasteiger charge is -2.03. The van der Waals surface area contributed by atoms with Crippen LogP contribution in [0.5, 0.6) is 0 Å². The number of rotatable bonds is 1. The monoisotopic (exact) mass is 241 g/mol. The Labute approximate surface area is 104 Å². The fourth-order valence-electron chi connectivity index (χ4n) is 1.79. The van der Waals surface area contributed by atoms with Gasteiger partial charge >= 0.3 is 0 Å². The third-order valence-electron chi connectivity index (χ3n) is 2.67. The maximum atomic E-state index is 6.19. The molecule has 0 radical (unpaired) electrons. The molecule has 3 aromatic rings. The van der Waals surface area contributed by atoms with Gasteiger partial charge in [-0.05, 0) is 5.46 Å². The van der Waals surface area contributed by atoms with E-state index in [2.05, 4.69) is 10.1 Å². The molecule has 1 aromatic carbocycles. The predicted molar refractivity (Wildman–Crippen MR) is 71.6 cm³/mol. The van der Waals surface area contributed by atoms with Crippen molar-refractivity contribution in [2.75, 3.05) is 0 Å². The van der Waals surface area contributed by atoms with Crippen molar-refractivity contribution < 1.29 is 0 Å². The average Bonchev–Trinajstić information content (AvgIpc) is 2.73. The molecule has 17 heavy (non-hydrogen) atoms. The zero-order valence-electron chi connectivity index (χ0n) is 9.26. The average molecular weight is 241 g/mol. The normalized spacial score (nSPS) is 10.9. The third kappa shape index (κ3) is 1.70. The van der Waals surface area contributed by atoms with Gasteiger partial charge in [-0.3, -0.25) is 0 Å². The second-order valence-corrected chi connectivity index (χ2v) is 4.28. The van der Waals surface area contributed by atoms with Gasteiger partial charge in [0, 0.05) is 17.8 Å². The molecule has 0 spiro atoms. The summed E-state index contributed by atoms with van der Waals surface area (Å²) in [6, 6.07) is 11.8. The van der Waals surface area contributed by atoms with Gasteiger partial charge in [0.1, 0.15) is 13.0 Å². The van der Waals surface area contributed by atoms with Crippen LogP contribution >= 0.6 is 11.6 Å². The number of benzene rings is 1. The molecule has 82 valence electrons. The van der Waals surface area contributed by atoms with Crippen LogP contribution in [0.1, 0.15) is 0 Å². The standard InChI is InChI=1S/C12H9BClN3/c13-9-7-15-17-11(14)6-10(16-12(9)17)8-4-2-1-3-5-8/h1-7H,13H2. The molecular formula is C12H9BClN3. The zero-order chi connectivity index (χ0) is 11.8. The first kappa shape index (κ1) is 10.4. The van der Waals surface area contributed by atoms with Crippen LogP contribution in [0.3, 0.4) is 0 Å². The van der Waals surface area contributed by atoms with Gasteiger partial charge in [-0.15, -0.1) is 0 Å². The van der Waals surface area contributed by atoms with E-state index >= 15 is 0 Å². The minimum absolute atomic E-state index is 0.571. The smallest absolute Gasteiger partial charge is 0.150 e. The number of aromatic nitrogens is 3. The molecule has 0 aliphatic carbocycles. The van der Waals surface area contributed by atoms with E-state index in [-0.39, 0.29) is 0 Å². The molecule has 2 heterocycles. The molecule has 0 aliphatic rings. The molecule has 0 saturated heterocycles. The number of fused-ring (bicyclic) bond motifs is 1. The SMILES string of the molecule is Bc1cnn2c(Cl)cc(-c3ccccc3)nc12. The fourth-order valence-corrected chi connectivity index (χ4v) is 2.02. The van der Waals surface area contributed by atoms with Crippen LogP contribution in [0.15, 0.2) is 42.6 Å². The van der Waals surface area contributed by atoms with E-state index in [1.807, 2.05) is 44.2 Å². The van der Waals surface area contributed by atoms with E-state index in [1.54, 1.807) is 10.7 Å². The first-order chi connectivity index (χ1) is 8.25. The van der Waals surface area contributed by atoms with Crippen LogP contribution in [0.25, 0.3) is 16.9 Å². The van der Waals surface area contributed by atoms with E-state index in [1.165, 1.54) is 0 Å². The lowest BCUT2D eigenvalue weighted by molar-refractivity contribution is 0.942. The lowest BCUT2D eigenvalue weighted by atomic mass is 10.0. The number of nitrogens with zero attached hydrogens (tertiary/aromatic N) is 3. The minimum atomic E-state index is 0.571. The van der Waals surface area contributed by atoms with Crippen molar-refractivity contribution in [2.45, 2.75) is 0 Å². The third-order valence-corrected chi connectivity index (χ3v) is 2.94. The van der Waals surface area contributed by atoms with Crippen molar-refractivity contribution in [3.8, 4) is 11.3 Å². The molecule has 3 rings (SSSR count). The summed E-state index contributed by atoms with van der Waals surface area (Å²) in [7, 11) is 1.97. The summed E-state index contributed by atoms with van der Waals surface area (Å²) >= 11 is 6.19. The van der Waals surface area contributed by atoms with Crippen molar-refractivity contribution in [2.24, 2.45) is 0 Å². The topological polar surface area (TPSA) is 30.2 Å². The first-order valence-electron chi connectivity index (χ1n) is 5.32. The Morgan fingerprint density at radius 1 is 1.18 bits per heavy atom. The summed E-state index contributed by atoms with van der Waals surface area (Å²) in [6.07, 6.45) is 1.77. The molecule has 0 amide bonds. The summed E-state index contributed by atoms with van der Waals surface area (Å²) in [5.41, 5.74) is 3.74. The molecular weight excluding hydrogens is 232 g/mol. The summed E-state index contributed by atoms with van der Waals surface area (Å²) in [5.74, 6) is 0. The van der Waals surface area contributed by atoms with Crippen LogP contribution < -0.4 is 5.46 Å². The van der Waals surface area contributed by atoms with Crippen LogP contribution in [-0.4, -0.2) is 22.4 Å². The second kappa shape index (κ2) is 3.89. The summed E-state index contributed by atoms with van der Waals surface area (Å²) in [4.78, 5) is 4.58. The lowest BCUT2D eigenvalue weighted by Crippen LogP contribution is -2.04. The second-order valence-electron chi connectivity index (χ2n) is 3.89. The summed E-state index contributed by atoms with van der Waals surface area (Å²) in [5, 5.41) is 4.75. The Kier molecular flexibility index (Phi) is 2.37. The highest BCUT2D eigenvalue weighted by molar-refractivity contribution is 6.36. The molecule has 3 nitrogen and oxygen atoms in total. The number of hydrogen-bond donors (Lipinski definition) is 0. The highest BCUT2D eigenvalue weighted by atomic mass is 35.5. The summed E-state index contributed by atoms with van der Waals surface area (Å²) in [6.45, 7) is 0. The molecule has 0 saturated carbocycles. The van der Waals surface area contributed by atoms with Crippen LogP contribution in [0.4, 0.5) is 0 Å². The molecule has 2 aromatic heterocycles. The molecule has 0 bridgehead atoms. The Bertz CT molecular complexity index is 679. The van der Waals surface area contributed by atoms with E-state index in [0.717, 1.165) is 22.4 Å². The molecule has 0 unspecified atom stereocenters. The van der Waals surface area contributed by atoms with E-state index in [0.29, 0.717) is 5.15 Å². The van der Waals surface area contributed by atoms with Gasteiger partial charge in [-0.2, -0.15) is 5.10 Å². The van der Waals surface area contributed by atoms with Gasteiger partial charge in [0.05, 0.1) is 5.69 Å². The van der Waals surface area contributed by atoms with Gasteiger partial charge in [0.25, 0.3) is 0 Å². The Hall–Kier alpha value is -1.81. The Balaban J connectivity index is 2.28. The molecule has 0 fully saturated rings. The van der Waals surface area contributed by atoms with E-state index in [4.69, 9.17) is 11.6 Å². The number of halogens is 1. The maximum absolute atomic E-state index is 6.19. The summed E-state index contributed by atoms with van der Waals surface area (Å²) < 4.78 is 1.64. The minimum Gasteiger partial charge on any atom is -0.229 e. The van der Waals surface area contributed by atoms with Crippen molar-refractivity contribution in [3.63, 3.8) is 0 Å². The first-order valence-corrected chi connectivity index (χ1v) is 5.70. The van der Waals surface area contributed by atoms with Crippen molar-refractivity contribution >= 4 is 30.6 Å². The van der Waals surface area contributed by atoms with Crippen LogP contribution in [0.2, 0.25) is 5.15 Å². The molecule has 0 N–H and O–H groups in total. The molecule has 0 atom stereocenters.